The summed E-state index contributed by atoms with van der Waals surface area (Å²) in [6.07, 6.45) is 0. The van der Waals surface area contributed by atoms with E-state index in [1.54, 1.807) is 0 Å². The van der Waals surface area contributed by atoms with E-state index in [1.165, 1.54) is 54.6 Å². The fourth-order valence-corrected chi connectivity index (χ4v) is 2.31. The SMILES string of the molecule is O=C(Nc1ccc(F)cc1)c1ccc(C(=O)Nc2c(F)cccc2F)cc1. The van der Waals surface area contributed by atoms with Crippen molar-refractivity contribution in [2.24, 2.45) is 0 Å². The molecule has 0 saturated carbocycles. The number of carbonyl (C=O) groups is 2. The van der Waals surface area contributed by atoms with Gasteiger partial charge in [-0.25, -0.2) is 13.2 Å². The smallest absolute Gasteiger partial charge is 0.255 e. The number of rotatable bonds is 4. The number of hydrogen-bond acceptors (Lipinski definition) is 2. The molecule has 4 nitrogen and oxygen atoms in total. The van der Waals surface area contributed by atoms with E-state index in [0.29, 0.717) is 5.69 Å². The highest BCUT2D eigenvalue weighted by Crippen LogP contribution is 2.19. The number of nitrogens with one attached hydrogen (secondary N) is 2. The Balaban J connectivity index is 1.70. The highest BCUT2D eigenvalue weighted by Gasteiger charge is 2.14. The van der Waals surface area contributed by atoms with Gasteiger partial charge in [0.1, 0.15) is 23.1 Å². The first-order valence-corrected chi connectivity index (χ1v) is 7.86. The summed E-state index contributed by atoms with van der Waals surface area (Å²) in [5, 5.41) is 4.75. The molecule has 0 atom stereocenters. The predicted molar refractivity (Wildman–Crippen MR) is 95.1 cm³/mol. The van der Waals surface area contributed by atoms with Crippen molar-refractivity contribution in [1.29, 1.82) is 0 Å². The summed E-state index contributed by atoms with van der Waals surface area (Å²) in [5.74, 6) is -3.37. The van der Waals surface area contributed by atoms with Gasteiger partial charge in [-0.1, -0.05) is 6.07 Å². The lowest BCUT2D eigenvalue weighted by Gasteiger charge is -2.08. The van der Waals surface area contributed by atoms with Crippen LogP contribution in [0.3, 0.4) is 0 Å². The molecule has 2 N–H and O–H groups in total. The van der Waals surface area contributed by atoms with Crippen molar-refractivity contribution in [3.63, 3.8) is 0 Å². The molecular weight excluding hydrogens is 357 g/mol. The minimum Gasteiger partial charge on any atom is -0.322 e. The van der Waals surface area contributed by atoms with Crippen LogP contribution in [0.2, 0.25) is 0 Å². The molecule has 0 bridgehead atoms. The maximum absolute atomic E-state index is 13.6. The molecule has 0 spiro atoms. The van der Waals surface area contributed by atoms with Gasteiger partial charge in [-0.3, -0.25) is 9.59 Å². The normalized spacial score (nSPS) is 10.3. The van der Waals surface area contributed by atoms with Crippen LogP contribution >= 0.6 is 0 Å². The number of anilines is 2. The first-order valence-electron chi connectivity index (χ1n) is 7.86. The van der Waals surface area contributed by atoms with Gasteiger partial charge >= 0.3 is 0 Å². The summed E-state index contributed by atoms with van der Waals surface area (Å²) in [7, 11) is 0. The van der Waals surface area contributed by atoms with Crippen molar-refractivity contribution in [2.45, 2.75) is 0 Å². The topological polar surface area (TPSA) is 58.2 Å². The van der Waals surface area contributed by atoms with Gasteiger partial charge in [0.05, 0.1) is 0 Å². The number of halogens is 3. The Labute approximate surface area is 152 Å². The first kappa shape index (κ1) is 18.2. The van der Waals surface area contributed by atoms with Crippen LogP contribution < -0.4 is 10.6 Å². The lowest BCUT2D eigenvalue weighted by molar-refractivity contribution is 0.101. The summed E-state index contributed by atoms with van der Waals surface area (Å²) in [6.45, 7) is 0. The number of amides is 2. The Hall–Kier alpha value is -3.61. The molecule has 0 aliphatic carbocycles. The van der Waals surface area contributed by atoms with E-state index in [-0.39, 0.29) is 11.1 Å². The highest BCUT2D eigenvalue weighted by atomic mass is 19.1. The number of hydrogen-bond donors (Lipinski definition) is 2. The second-order valence-electron chi connectivity index (χ2n) is 5.59. The number of para-hydroxylation sites is 1. The molecule has 0 saturated heterocycles. The zero-order valence-electron chi connectivity index (χ0n) is 13.8. The molecule has 136 valence electrons. The molecule has 0 fully saturated rings. The lowest BCUT2D eigenvalue weighted by atomic mass is 10.1. The van der Waals surface area contributed by atoms with Gasteiger partial charge in [-0.15, -0.1) is 0 Å². The van der Waals surface area contributed by atoms with Gasteiger partial charge in [0.2, 0.25) is 0 Å². The van der Waals surface area contributed by atoms with Crippen LogP contribution in [0.25, 0.3) is 0 Å². The van der Waals surface area contributed by atoms with E-state index < -0.39 is 35.0 Å². The Bertz CT molecular complexity index is 967. The van der Waals surface area contributed by atoms with E-state index in [0.717, 1.165) is 12.1 Å². The molecule has 2 amide bonds. The third kappa shape index (κ3) is 4.33. The largest absolute Gasteiger partial charge is 0.322 e. The van der Waals surface area contributed by atoms with Crippen LogP contribution in [0.15, 0.2) is 66.7 Å². The van der Waals surface area contributed by atoms with Crippen molar-refractivity contribution < 1.29 is 22.8 Å². The summed E-state index contributed by atoms with van der Waals surface area (Å²) < 4.78 is 40.1. The van der Waals surface area contributed by atoms with Crippen LogP contribution in [-0.2, 0) is 0 Å². The van der Waals surface area contributed by atoms with Crippen molar-refractivity contribution in [3.05, 3.63) is 95.3 Å². The maximum Gasteiger partial charge on any atom is 0.255 e. The quantitative estimate of drug-likeness (QED) is 0.705. The molecule has 0 aromatic heterocycles. The van der Waals surface area contributed by atoms with Gasteiger partial charge in [-0.05, 0) is 60.7 Å². The van der Waals surface area contributed by atoms with Crippen LogP contribution in [0.1, 0.15) is 20.7 Å². The van der Waals surface area contributed by atoms with Gasteiger partial charge < -0.3 is 10.6 Å². The average Bonchev–Trinajstić information content (AvgIpc) is 2.66. The Morgan fingerprint density at radius 3 is 1.63 bits per heavy atom. The van der Waals surface area contributed by atoms with Crippen molar-refractivity contribution in [1.82, 2.24) is 0 Å². The molecule has 3 aromatic carbocycles. The van der Waals surface area contributed by atoms with E-state index in [1.807, 2.05) is 0 Å². The molecule has 0 aliphatic rings. The third-order valence-electron chi connectivity index (χ3n) is 3.71. The highest BCUT2D eigenvalue weighted by molar-refractivity contribution is 6.07. The van der Waals surface area contributed by atoms with Gasteiger partial charge in [0.25, 0.3) is 11.8 Å². The monoisotopic (exact) mass is 370 g/mol. The molecule has 0 heterocycles. The van der Waals surface area contributed by atoms with Gasteiger partial charge in [0, 0.05) is 16.8 Å². The zero-order chi connectivity index (χ0) is 19.4. The summed E-state index contributed by atoms with van der Waals surface area (Å²) in [4.78, 5) is 24.3. The molecule has 0 radical (unpaired) electrons. The summed E-state index contributed by atoms with van der Waals surface area (Å²) in [6, 6.07) is 14.0. The molecule has 0 unspecified atom stereocenters. The van der Waals surface area contributed by atoms with E-state index >= 15 is 0 Å². The van der Waals surface area contributed by atoms with Gasteiger partial charge in [0.15, 0.2) is 0 Å². The second-order valence-corrected chi connectivity index (χ2v) is 5.59. The molecular formula is C20H13F3N2O2. The lowest BCUT2D eigenvalue weighted by Crippen LogP contribution is -2.15. The fourth-order valence-electron chi connectivity index (χ4n) is 2.31. The van der Waals surface area contributed by atoms with Crippen molar-refractivity contribution in [2.75, 3.05) is 10.6 Å². The zero-order valence-corrected chi connectivity index (χ0v) is 13.8. The van der Waals surface area contributed by atoms with E-state index in [9.17, 15) is 22.8 Å². The number of carbonyl (C=O) groups excluding carboxylic acids is 2. The van der Waals surface area contributed by atoms with Crippen LogP contribution in [0, 0.1) is 17.5 Å². The first-order chi connectivity index (χ1) is 12.9. The molecule has 3 rings (SSSR count). The third-order valence-corrected chi connectivity index (χ3v) is 3.71. The molecule has 0 aliphatic heterocycles. The fraction of sp³-hybridized carbons (Fsp3) is 0. The van der Waals surface area contributed by atoms with E-state index in [2.05, 4.69) is 10.6 Å². The second kappa shape index (κ2) is 7.74. The minimum atomic E-state index is -0.890. The Morgan fingerprint density at radius 2 is 1.11 bits per heavy atom. The maximum atomic E-state index is 13.6. The summed E-state index contributed by atoms with van der Waals surface area (Å²) >= 11 is 0. The van der Waals surface area contributed by atoms with Crippen LogP contribution in [-0.4, -0.2) is 11.8 Å². The van der Waals surface area contributed by atoms with Gasteiger partial charge in [-0.2, -0.15) is 0 Å². The standard InChI is InChI=1S/C20H13F3N2O2/c21-14-8-10-15(11-9-14)24-19(26)12-4-6-13(7-5-12)20(27)25-18-16(22)2-1-3-17(18)23/h1-11H,(H,24,26)(H,25,27). The van der Waals surface area contributed by atoms with Crippen LogP contribution in [0.5, 0.6) is 0 Å². The summed E-state index contributed by atoms with van der Waals surface area (Å²) in [5.41, 5.74) is 0.253. The minimum absolute atomic E-state index is 0.121. The Morgan fingerprint density at radius 1 is 0.630 bits per heavy atom. The molecule has 3 aromatic rings. The molecule has 7 heteroatoms. The average molecular weight is 370 g/mol. The predicted octanol–water partition coefficient (Wildman–Crippen LogP) is 4.61. The number of benzene rings is 3. The Kier molecular flexibility index (Phi) is 5.21. The van der Waals surface area contributed by atoms with E-state index in [4.69, 9.17) is 0 Å². The molecule has 27 heavy (non-hydrogen) atoms. The van der Waals surface area contributed by atoms with Crippen molar-refractivity contribution in [3.8, 4) is 0 Å². The van der Waals surface area contributed by atoms with Crippen molar-refractivity contribution >= 4 is 23.2 Å². The van der Waals surface area contributed by atoms with Crippen LogP contribution in [0.4, 0.5) is 24.5 Å².